The van der Waals surface area contributed by atoms with Crippen molar-refractivity contribution in [1.82, 2.24) is 57.3 Å². The second-order valence-electron chi connectivity index (χ2n) is 28.2. The molecule has 0 bridgehead atoms. The van der Waals surface area contributed by atoms with Crippen molar-refractivity contribution in [3.8, 4) is 0 Å². The van der Waals surface area contributed by atoms with Crippen molar-refractivity contribution in [3.05, 3.63) is 46.8 Å². The van der Waals surface area contributed by atoms with Gasteiger partial charge in [-0.25, -0.2) is 29.1 Å². The molecule has 0 aliphatic carbocycles. The summed E-state index contributed by atoms with van der Waals surface area (Å²) in [5.41, 5.74) is 0.975. The van der Waals surface area contributed by atoms with E-state index >= 15 is 0 Å². The summed E-state index contributed by atoms with van der Waals surface area (Å²) in [6, 6.07) is 5.64. The number of carbonyl (C=O) groups is 10. The highest BCUT2D eigenvalue weighted by molar-refractivity contribution is 8.00. The first kappa shape index (κ1) is 84.0. The number of hydrogen-bond acceptors (Lipinski definition) is 26. The van der Waals surface area contributed by atoms with Crippen molar-refractivity contribution < 1.29 is 85.9 Å². The average molecular weight is 1500 g/mol. The molecule has 3 fully saturated rings. The van der Waals surface area contributed by atoms with E-state index in [9.17, 15) is 47.9 Å². The van der Waals surface area contributed by atoms with Crippen molar-refractivity contribution in [2.75, 3.05) is 90.6 Å². The van der Waals surface area contributed by atoms with Gasteiger partial charge >= 0.3 is 18.2 Å². The van der Waals surface area contributed by atoms with Gasteiger partial charge in [0.2, 0.25) is 23.7 Å². The third-order valence-electron chi connectivity index (χ3n) is 16.9. The van der Waals surface area contributed by atoms with Gasteiger partial charge in [0.25, 0.3) is 17.7 Å². The molecule has 1 aromatic heterocycles. The number of ether oxygens (including phenoxy) is 7. The van der Waals surface area contributed by atoms with Crippen LogP contribution in [0.3, 0.4) is 0 Å². The number of hydrogen-bond donors (Lipinski definition) is 7. The van der Waals surface area contributed by atoms with Gasteiger partial charge in [-0.3, -0.25) is 44.2 Å². The fraction of sp³-hybridized carbons (Fsp3) is 0.718. The number of imide groups is 1. The van der Waals surface area contributed by atoms with E-state index in [1.807, 2.05) is 71.1 Å². The van der Waals surface area contributed by atoms with Gasteiger partial charge in [0.1, 0.15) is 28.5 Å². The van der Waals surface area contributed by atoms with Crippen LogP contribution in [0.25, 0.3) is 0 Å². The maximum Gasteiger partial charge on any atom is 0.414 e. The summed E-state index contributed by atoms with van der Waals surface area (Å²) < 4.78 is 40.2. The Morgan fingerprint density at radius 1 is 0.538 bits per heavy atom. The monoisotopic (exact) mass is 1500 g/mol. The number of guanidine groups is 2. The number of rotatable bonds is 48. The number of carbonyl (C=O) groups excluding carboxylic acids is 10. The number of hydroxylamine groups is 2. The van der Waals surface area contributed by atoms with Crippen LogP contribution in [-0.2, 0) is 97.6 Å². The Kier molecular flexibility index (Phi) is 36.0. The smallest absolute Gasteiger partial charge is 0.414 e. The van der Waals surface area contributed by atoms with E-state index < -0.39 is 41.2 Å². The number of nitrogens with one attached hydrogen (secondary N) is 7. The molecule has 0 radical (unpaired) electrons. The number of thioether (sulfide) groups is 2. The van der Waals surface area contributed by atoms with E-state index in [2.05, 4.69) is 47.5 Å². The lowest BCUT2D eigenvalue weighted by Crippen LogP contribution is -2.44. The van der Waals surface area contributed by atoms with Crippen LogP contribution in [0, 0.1) is 0 Å². The Morgan fingerprint density at radius 2 is 1.02 bits per heavy atom. The minimum absolute atomic E-state index is 0.00114. The SMILES string of the molecule is CC(C)(C)OC(=O)NC1=NC2C(CSC2CCCCC(=O)NCCCCCC(=O)Cc2cc(CC(=O)CCCCCNC(=O)CCCCC3SCC4NC(NC(=O)OC(C)(C)C)=NC43)cc(C(=O)NCCOCc3cn(CCOCCOCCOCCOCCC(=O)ON4C(=O)CCC4=O)nn3)c2)N1. The number of unbranched alkanes of at least 4 members (excludes halogenated alkanes) is 6. The number of Topliss-reactive ketones (excluding diaryl/α,β-unsaturated/α-hetero) is 2. The molecule has 7 rings (SSSR count). The molecule has 104 heavy (non-hydrogen) atoms. The van der Waals surface area contributed by atoms with Crippen molar-refractivity contribution in [1.29, 1.82) is 0 Å². The van der Waals surface area contributed by atoms with Crippen LogP contribution >= 0.6 is 23.5 Å². The lowest BCUT2D eigenvalue weighted by atomic mass is 9.96. The normalized spacial score (nSPS) is 19.0. The second-order valence-corrected chi connectivity index (χ2v) is 30.8. The molecule has 7 N–H and O–H groups in total. The van der Waals surface area contributed by atoms with E-state index in [0.29, 0.717) is 141 Å². The zero-order valence-electron chi connectivity index (χ0n) is 61.3. The van der Waals surface area contributed by atoms with Gasteiger partial charge in [0, 0.05) is 98.6 Å². The summed E-state index contributed by atoms with van der Waals surface area (Å²) >= 11 is 3.73. The topological polar surface area (TPSA) is 387 Å². The molecule has 1 aromatic carbocycles. The first-order valence-corrected chi connectivity index (χ1v) is 38.8. The molecule has 31 nitrogen and oxygen atoms in total. The number of aliphatic imine (C=N–C) groups is 2. The maximum atomic E-state index is 13.7. The summed E-state index contributed by atoms with van der Waals surface area (Å²) in [5, 5.41) is 30.4. The summed E-state index contributed by atoms with van der Waals surface area (Å²) in [5.74, 6) is 0.492. The standard InChI is InChI=1S/C71H109N13O18S2/c1-70(2,3)100-68(93)79-66-75-54-46-103-56(63(54)77-66)19-11-13-21-58(87)72-26-15-7-9-17-52(85)42-48-39-49(43-53(86)18-10-8-16-27-73-59(88)22-14-12-20-57-64-55(47-104-57)76-67(78-64)80-69(94)101-71(4,5)6)41-50(40-48)65(92)74-28-31-99-45-51-44-83(82-81-51)29-32-96-34-36-98-38-37-97-35-33-95-30-25-62(91)102-84-60(89)23-24-61(84)90/h39-41,44,54-57,63-64H,7-38,42-43,45-47H2,1-6H3,(H,72,87)(H,73,88)(H,74,92)(H2,75,77,79,93)(H2,76,78,80,94). The van der Waals surface area contributed by atoms with Crippen LogP contribution in [0.4, 0.5) is 9.59 Å². The van der Waals surface area contributed by atoms with Crippen LogP contribution in [0.5, 0.6) is 0 Å². The highest BCUT2D eigenvalue weighted by atomic mass is 32.2. The minimum atomic E-state index is -0.729. The third-order valence-corrected chi connectivity index (χ3v) is 19.9. The van der Waals surface area contributed by atoms with Gasteiger partial charge in [-0.2, -0.15) is 23.5 Å². The molecule has 2 aromatic rings. The number of ketones is 2. The van der Waals surface area contributed by atoms with E-state index in [1.165, 1.54) is 0 Å². The van der Waals surface area contributed by atoms with Crippen molar-refractivity contribution in [2.45, 2.75) is 235 Å². The zero-order chi connectivity index (χ0) is 74.7. The molecule has 0 spiro atoms. The molecule has 6 heterocycles. The molecule has 0 saturated carbocycles. The van der Waals surface area contributed by atoms with Crippen LogP contribution in [0.1, 0.15) is 191 Å². The highest BCUT2D eigenvalue weighted by Gasteiger charge is 2.43. The van der Waals surface area contributed by atoms with Gasteiger partial charge in [-0.15, -0.1) is 10.2 Å². The lowest BCUT2D eigenvalue weighted by molar-refractivity contribution is -0.198. The van der Waals surface area contributed by atoms with Crippen LogP contribution in [0.2, 0.25) is 0 Å². The van der Waals surface area contributed by atoms with Gasteiger partial charge in [0.05, 0.1) is 109 Å². The molecule has 3 saturated heterocycles. The molecular formula is C71H109N13O18S2. The Bertz CT molecular complexity index is 3060. The molecular weight excluding hydrogens is 1390 g/mol. The molecule has 6 atom stereocenters. The Hall–Kier alpha value is -7.30. The quantitative estimate of drug-likeness (QED) is 0.0310. The summed E-state index contributed by atoms with van der Waals surface area (Å²) in [6.45, 7) is 15.2. The molecule has 578 valence electrons. The first-order valence-electron chi connectivity index (χ1n) is 36.7. The van der Waals surface area contributed by atoms with Gasteiger partial charge < -0.3 is 64.6 Å². The van der Waals surface area contributed by atoms with Crippen molar-refractivity contribution >= 4 is 94.7 Å². The molecule has 5 aliphatic heterocycles. The maximum absolute atomic E-state index is 13.7. The lowest BCUT2D eigenvalue weighted by Gasteiger charge is -2.19. The first-order chi connectivity index (χ1) is 49.9. The van der Waals surface area contributed by atoms with E-state index in [4.69, 9.17) is 48.0 Å². The van der Waals surface area contributed by atoms with E-state index in [0.717, 1.165) is 75.7 Å². The largest absolute Gasteiger partial charge is 0.444 e. The summed E-state index contributed by atoms with van der Waals surface area (Å²) in [4.78, 5) is 140. The number of amides is 7. The molecule has 7 amide bonds. The number of nitrogens with zero attached hydrogens (tertiary/aromatic N) is 6. The van der Waals surface area contributed by atoms with Gasteiger partial charge in [-0.1, -0.05) is 37.0 Å². The third kappa shape index (κ3) is 32.6. The van der Waals surface area contributed by atoms with Crippen LogP contribution in [0.15, 0.2) is 34.4 Å². The minimum Gasteiger partial charge on any atom is -0.444 e. The molecule has 5 aliphatic rings. The van der Waals surface area contributed by atoms with E-state index in [-0.39, 0.29) is 125 Å². The number of fused-ring (bicyclic) bond motifs is 2. The Morgan fingerprint density at radius 3 is 1.52 bits per heavy atom. The number of aromatic nitrogens is 3. The molecule has 6 unspecified atom stereocenters. The van der Waals surface area contributed by atoms with Gasteiger partial charge in [0.15, 0.2) is 0 Å². The zero-order valence-corrected chi connectivity index (χ0v) is 62.9. The van der Waals surface area contributed by atoms with Crippen molar-refractivity contribution in [3.63, 3.8) is 0 Å². The predicted molar refractivity (Wildman–Crippen MR) is 388 cm³/mol. The van der Waals surface area contributed by atoms with E-state index in [1.54, 1.807) is 23.0 Å². The predicted octanol–water partition coefficient (Wildman–Crippen LogP) is 5.66. The summed E-state index contributed by atoms with van der Waals surface area (Å²) in [7, 11) is 0. The second kappa shape index (κ2) is 44.6. The number of benzene rings is 1. The highest BCUT2D eigenvalue weighted by Crippen LogP contribution is 2.37. The fourth-order valence-electron chi connectivity index (χ4n) is 11.9. The fourth-order valence-corrected chi connectivity index (χ4v) is 15.0. The summed E-state index contributed by atoms with van der Waals surface area (Å²) in [6.07, 6.45) is 11.6. The van der Waals surface area contributed by atoms with Crippen molar-refractivity contribution in [2.24, 2.45) is 9.98 Å². The number of alkyl carbamates (subject to hydrolysis) is 2. The molecule has 33 heteroatoms. The van der Waals surface area contributed by atoms with Crippen LogP contribution < -0.4 is 37.2 Å². The van der Waals surface area contributed by atoms with Gasteiger partial charge in [-0.05, 0) is 116 Å². The Labute approximate surface area is 617 Å². The Balaban J connectivity index is 0.749. The average Bonchev–Trinajstić information content (AvgIpc) is 1.66. The van der Waals surface area contributed by atoms with Crippen LogP contribution in [-0.4, -0.2) is 228 Å².